The molecule has 3 aromatic rings. The summed E-state index contributed by atoms with van der Waals surface area (Å²) in [6.45, 7) is 4.40. The normalized spacial score (nSPS) is 11.7. The van der Waals surface area contributed by atoms with E-state index < -0.39 is 9.84 Å². The number of aromatic nitrogens is 2. The smallest absolute Gasteiger partial charge is 0.225 e. The molecule has 1 heterocycles. The van der Waals surface area contributed by atoms with Gasteiger partial charge in [0.2, 0.25) is 5.95 Å². The van der Waals surface area contributed by atoms with Crippen LogP contribution in [0.15, 0.2) is 53.4 Å². The molecule has 1 aromatic heterocycles. The van der Waals surface area contributed by atoms with Crippen LogP contribution in [0.5, 0.6) is 0 Å². The third kappa shape index (κ3) is 4.11. The van der Waals surface area contributed by atoms with Gasteiger partial charge in [-0.05, 0) is 37.6 Å². The number of nitrogens with one attached hydrogen (secondary N) is 2. The van der Waals surface area contributed by atoms with Crippen molar-refractivity contribution >= 4 is 32.5 Å². The van der Waals surface area contributed by atoms with Gasteiger partial charge in [-0.25, -0.2) is 13.4 Å². The Morgan fingerprint density at radius 3 is 2.42 bits per heavy atom. The maximum atomic E-state index is 12.0. The predicted molar refractivity (Wildman–Crippen MR) is 105 cm³/mol. The van der Waals surface area contributed by atoms with Crippen LogP contribution in [0, 0.1) is 0 Å². The number of rotatable bonds is 6. The molecule has 0 amide bonds. The summed E-state index contributed by atoms with van der Waals surface area (Å²) in [5.41, 5.74) is 1.53. The molecule has 2 N–H and O–H groups in total. The van der Waals surface area contributed by atoms with Crippen molar-refractivity contribution in [2.45, 2.75) is 31.3 Å². The van der Waals surface area contributed by atoms with Crippen LogP contribution >= 0.6 is 0 Å². The first-order chi connectivity index (χ1) is 12.3. The average Bonchev–Trinajstić information content (AvgIpc) is 2.58. The van der Waals surface area contributed by atoms with Crippen molar-refractivity contribution in [2.75, 3.05) is 16.9 Å². The zero-order chi connectivity index (χ0) is 18.7. The molecule has 0 aliphatic carbocycles. The Morgan fingerprint density at radius 2 is 1.69 bits per heavy atom. The predicted octanol–water partition coefficient (Wildman–Crippen LogP) is 3.47. The summed E-state index contributed by atoms with van der Waals surface area (Å²) in [7, 11) is -3.29. The molecule has 0 atom stereocenters. The molecule has 26 heavy (non-hydrogen) atoms. The highest BCUT2D eigenvalue weighted by Crippen LogP contribution is 2.24. The standard InChI is InChI=1S/C19H22N4O2S/c1-13(2)21-19-22-16-10-6-5-9-15(16)18(23-19)20-12-14-8-4-7-11-17(14)26(3,24)25/h4-11,13H,12H2,1-3H3,(H2,20,21,22,23). The van der Waals surface area contributed by atoms with Crippen molar-refractivity contribution in [1.82, 2.24) is 9.97 Å². The molecule has 0 saturated heterocycles. The van der Waals surface area contributed by atoms with E-state index in [1.807, 2.05) is 44.2 Å². The number of para-hydroxylation sites is 1. The molecule has 0 aliphatic heterocycles. The molecule has 2 aromatic carbocycles. The van der Waals surface area contributed by atoms with Crippen LogP contribution < -0.4 is 10.6 Å². The van der Waals surface area contributed by atoms with Crippen LogP contribution in [0.3, 0.4) is 0 Å². The largest absolute Gasteiger partial charge is 0.365 e. The molecule has 0 aliphatic rings. The maximum Gasteiger partial charge on any atom is 0.225 e. The molecule has 0 bridgehead atoms. The molecular weight excluding hydrogens is 348 g/mol. The highest BCUT2D eigenvalue weighted by molar-refractivity contribution is 7.90. The van der Waals surface area contributed by atoms with Crippen LogP contribution in [0.1, 0.15) is 19.4 Å². The van der Waals surface area contributed by atoms with E-state index in [4.69, 9.17) is 0 Å². The fourth-order valence-corrected chi connectivity index (χ4v) is 3.67. The lowest BCUT2D eigenvalue weighted by Crippen LogP contribution is -2.14. The minimum atomic E-state index is -3.29. The highest BCUT2D eigenvalue weighted by Gasteiger charge is 2.13. The van der Waals surface area contributed by atoms with E-state index in [2.05, 4.69) is 20.6 Å². The molecule has 0 saturated carbocycles. The van der Waals surface area contributed by atoms with Gasteiger partial charge in [0.1, 0.15) is 5.82 Å². The van der Waals surface area contributed by atoms with Gasteiger partial charge in [-0.15, -0.1) is 0 Å². The van der Waals surface area contributed by atoms with Crippen LogP contribution in [0.25, 0.3) is 10.9 Å². The summed E-state index contributed by atoms with van der Waals surface area (Å²) < 4.78 is 24.0. The molecule has 7 heteroatoms. The first-order valence-electron chi connectivity index (χ1n) is 8.40. The molecule has 0 spiro atoms. The lowest BCUT2D eigenvalue weighted by molar-refractivity contribution is 0.601. The third-order valence-corrected chi connectivity index (χ3v) is 5.04. The molecule has 0 unspecified atom stereocenters. The monoisotopic (exact) mass is 370 g/mol. The first-order valence-corrected chi connectivity index (χ1v) is 10.3. The Bertz CT molecular complexity index is 1030. The van der Waals surface area contributed by atoms with E-state index in [0.29, 0.717) is 28.8 Å². The summed E-state index contributed by atoms with van der Waals surface area (Å²) in [5.74, 6) is 1.21. The molecular formula is C19H22N4O2S. The fraction of sp³-hybridized carbons (Fsp3) is 0.263. The Labute approximate surface area is 153 Å². The van der Waals surface area contributed by atoms with E-state index in [1.165, 1.54) is 6.26 Å². The van der Waals surface area contributed by atoms with Gasteiger partial charge in [0, 0.05) is 24.2 Å². The molecule has 0 fully saturated rings. The van der Waals surface area contributed by atoms with Crippen molar-refractivity contribution in [2.24, 2.45) is 0 Å². The number of hydrogen-bond donors (Lipinski definition) is 2. The Kier molecular flexibility index (Phi) is 5.08. The van der Waals surface area contributed by atoms with Crippen molar-refractivity contribution in [1.29, 1.82) is 0 Å². The van der Waals surface area contributed by atoms with E-state index in [0.717, 1.165) is 10.9 Å². The topological polar surface area (TPSA) is 84.0 Å². The van der Waals surface area contributed by atoms with Gasteiger partial charge in [-0.1, -0.05) is 30.3 Å². The van der Waals surface area contributed by atoms with Crippen molar-refractivity contribution in [3.63, 3.8) is 0 Å². The average molecular weight is 370 g/mol. The van der Waals surface area contributed by atoms with Crippen molar-refractivity contribution in [3.05, 3.63) is 54.1 Å². The van der Waals surface area contributed by atoms with Gasteiger partial charge in [0.05, 0.1) is 10.4 Å². The van der Waals surface area contributed by atoms with Crippen LogP contribution in [0.2, 0.25) is 0 Å². The first kappa shape index (κ1) is 18.1. The summed E-state index contributed by atoms with van der Waals surface area (Å²) in [6, 6.07) is 14.9. The maximum absolute atomic E-state index is 12.0. The molecule has 136 valence electrons. The minimum Gasteiger partial charge on any atom is -0.365 e. The van der Waals surface area contributed by atoms with E-state index in [9.17, 15) is 8.42 Å². The second-order valence-corrected chi connectivity index (χ2v) is 8.43. The van der Waals surface area contributed by atoms with Crippen LogP contribution in [-0.4, -0.2) is 30.7 Å². The number of benzene rings is 2. The van der Waals surface area contributed by atoms with Gasteiger partial charge in [-0.2, -0.15) is 4.98 Å². The quantitative estimate of drug-likeness (QED) is 0.691. The van der Waals surface area contributed by atoms with E-state index in [-0.39, 0.29) is 6.04 Å². The Hall–Kier alpha value is -2.67. The fourth-order valence-electron chi connectivity index (χ4n) is 2.72. The summed E-state index contributed by atoms with van der Waals surface area (Å²) in [4.78, 5) is 9.42. The second kappa shape index (κ2) is 7.29. The second-order valence-electron chi connectivity index (χ2n) is 6.45. The number of nitrogens with zero attached hydrogens (tertiary/aromatic N) is 2. The van der Waals surface area contributed by atoms with Crippen molar-refractivity contribution < 1.29 is 8.42 Å². The summed E-state index contributed by atoms with van der Waals surface area (Å²) in [6.07, 6.45) is 1.22. The zero-order valence-electron chi connectivity index (χ0n) is 15.0. The number of anilines is 2. The highest BCUT2D eigenvalue weighted by atomic mass is 32.2. The zero-order valence-corrected chi connectivity index (χ0v) is 15.8. The summed E-state index contributed by atoms with van der Waals surface area (Å²) >= 11 is 0. The SMILES string of the molecule is CC(C)Nc1nc(NCc2ccccc2S(C)(=O)=O)c2ccccc2n1. The van der Waals surface area contributed by atoms with Crippen LogP contribution in [-0.2, 0) is 16.4 Å². The van der Waals surface area contributed by atoms with Gasteiger partial charge >= 0.3 is 0 Å². The number of hydrogen-bond acceptors (Lipinski definition) is 6. The Balaban J connectivity index is 1.97. The number of sulfone groups is 1. The van der Waals surface area contributed by atoms with Gasteiger partial charge in [0.15, 0.2) is 9.84 Å². The molecule has 3 rings (SSSR count). The lowest BCUT2D eigenvalue weighted by atomic mass is 10.2. The molecule has 6 nitrogen and oxygen atoms in total. The van der Waals surface area contributed by atoms with E-state index in [1.54, 1.807) is 18.2 Å². The minimum absolute atomic E-state index is 0.204. The molecule has 0 radical (unpaired) electrons. The number of fused-ring (bicyclic) bond motifs is 1. The van der Waals surface area contributed by atoms with Crippen LogP contribution in [0.4, 0.5) is 11.8 Å². The van der Waals surface area contributed by atoms with Gasteiger partial charge in [0.25, 0.3) is 0 Å². The van der Waals surface area contributed by atoms with E-state index >= 15 is 0 Å². The third-order valence-electron chi connectivity index (χ3n) is 3.84. The lowest BCUT2D eigenvalue weighted by Gasteiger charge is -2.14. The van der Waals surface area contributed by atoms with Crippen molar-refractivity contribution in [3.8, 4) is 0 Å². The summed E-state index contributed by atoms with van der Waals surface area (Å²) in [5, 5.41) is 7.38. The van der Waals surface area contributed by atoms with Gasteiger partial charge < -0.3 is 10.6 Å². The Morgan fingerprint density at radius 1 is 1.00 bits per heavy atom. The van der Waals surface area contributed by atoms with Gasteiger partial charge in [-0.3, -0.25) is 0 Å².